The first-order valence-electron chi connectivity index (χ1n) is 4.96. The number of rotatable bonds is 4. The molecule has 0 spiro atoms. The second-order valence-corrected chi connectivity index (χ2v) is 3.62. The molecule has 2 N–H and O–H groups in total. The second-order valence-electron chi connectivity index (χ2n) is 3.62. The smallest absolute Gasteiger partial charge is 0.228 e. The number of carbonyl (C=O) groups excluding carboxylic acids is 1. The normalized spacial score (nSPS) is 12.5. The van der Waals surface area contributed by atoms with Gasteiger partial charge >= 0.3 is 0 Å². The standard InChI is InChI=1S/C10H17N3O/c1-4-5-7(2)10(14)11-9-6-8(3)12-13-9/h6-7H,4-5H2,1-3H3,(H2,11,12,13,14). The lowest BCUT2D eigenvalue weighted by Crippen LogP contribution is -2.20. The number of hydrogen-bond acceptors (Lipinski definition) is 2. The van der Waals surface area contributed by atoms with E-state index in [1.54, 1.807) is 0 Å². The molecule has 4 nitrogen and oxygen atoms in total. The van der Waals surface area contributed by atoms with Gasteiger partial charge in [0.1, 0.15) is 0 Å². The molecule has 14 heavy (non-hydrogen) atoms. The molecule has 1 atom stereocenters. The van der Waals surface area contributed by atoms with Gasteiger partial charge in [-0.1, -0.05) is 20.3 Å². The predicted molar refractivity (Wildman–Crippen MR) is 56.0 cm³/mol. The molecule has 0 saturated heterocycles. The van der Waals surface area contributed by atoms with Crippen molar-refractivity contribution < 1.29 is 4.79 Å². The van der Waals surface area contributed by atoms with Crippen LogP contribution in [0.25, 0.3) is 0 Å². The van der Waals surface area contributed by atoms with E-state index in [9.17, 15) is 4.79 Å². The number of carbonyl (C=O) groups is 1. The predicted octanol–water partition coefficient (Wildman–Crippen LogP) is 2.09. The molecule has 0 aliphatic carbocycles. The van der Waals surface area contributed by atoms with E-state index in [4.69, 9.17) is 0 Å². The van der Waals surface area contributed by atoms with E-state index < -0.39 is 0 Å². The number of amides is 1. The van der Waals surface area contributed by atoms with Crippen molar-refractivity contribution in [3.05, 3.63) is 11.8 Å². The van der Waals surface area contributed by atoms with Gasteiger partial charge in [-0.3, -0.25) is 9.89 Å². The molecule has 0 radical (unpaired) electrons. The highest BCUT2D eigenvalue weighted by atomic mass is 16.1. The zero-order chi connectivity index (χ0) is 10.6. The van der Waals surface area contributed by atoms with Crippen molar-refractivity contribution in [2.75, 3.05) is 5.32 Å². The third-order valence-corrected chi connectivity index (χ3v) is 2.13. The van der Waals surface area contributed by atoms with Gasteiger partial charge in [0, 0.05) is 17.7 Å². The minimum atomic E-state index is 0.0401. The lowest BCUT2D eigenvalue weighted by Gasteiger charge is -2.08. The van der Waals surface area contributed by atoms with Gasteiger partial charge in [-0.05, 0) is 13.3 Å². The first-order valence-corrected chi connectivity index (χ1v) is 4.96. The summed E-state index contributed by atoms with van der Waals surface area (Å²) in [6.45, 7) is 5.90. The van der Waals surface area contributed by atoms with E-state index in [1.807, 2.05) is 19.9 Å². The molecule has 0 saturated carbocycles. The first-order chi connectivity index (χ1) is 6.63. The van der Waals surface area contributed by atoms with E-state index >= 15 is 0 Å². The van der Waals surface area contributed by atoms with Crippen LogP contribution in [0.3, 0.4) is 0 Å². The Kier molecular flexibility index (Phi) is 3.68. The van der Waals surface area contributed by atoms with Crippen molar-refractivity contribution in [3.63, 3.8) is 0 Å². The maximum atomic E-state index is 11.5. The summed E-state index contributed by atoms with van der Waals surface area (Å²) < 4.78 is 0. The monoisotopic (exact) mass is 195 g/mol. The van der Waals surface area contributed by atoms with Crippen LogP contribution in [0, 0.1) is 12.8 Å². The van der Waals surface area contributed by atoms with Gasteiger partial charge in [-0.15, -0.1) is 0 Å². The number of aromatic amines is 1. The van der Waals surface area contributed by atoms with Crippen LogP contribution in [0.2, 0.25) is 0 Å². The summed E-state index contributed by atoms with van der Waals surface area (Å²) in [5.74, 6) is 0.700. The van der Waals surface area contributed by atoms with Gasteiger partial charge < -0.3 is 5.32 Å². The molecule has 0 fully saturated rings. The van der Waals surface area contributed by atoms with Gasteiger partial charge in [0.05, 0.1) is 0 Å². The number of anilines is 1. The van der Waals surface area contributed by atoms with Crippen molar-refractivity contribution >= 4 is 11.7 Å². The fourth-order valence-electron chi connectivity index (χ4n) is 1.30. The highest BCUT2D eigenvalue weighted by Gasteiger charge is 2.12. The molecule has 1 amide bonds. The lowest BCUT2D eigenvalue weighted by molar-refractivity contribution is -0.119. The molecule has 1 heterocycles. The number of H-pyrrole nitrogens is 1. The van der Waals surface area contributed by atoms with Crippen LogP contribution in [0.1, 0.15) is 32.4 Å². The largest absolute Gasteiger partial charge is 0.309 e. The highest BCUT2D eigenvalue weighted by molar-refractivity contribution is 5.91. The summed E-state index contributed by atoms with van der Waals surface area (Å²) in [5, 5.41) is 9.49. The van der Waals surface area contributed by atoms with Gasteiger partial charge in [-0.2, -0.15) is 5.10 Å². The van der Waals surface area contributed by atoms with Gasteiger partial charge in [-0.25, -0.2) is 0 Å². The quantitative estimate of drug-likeness (QED) is 0.772. The van der Waals surface area contributed by atoms with E-state index in [0.717, 1.165) is 18.5 Å². The summed E-state index contributed by atoms with van der Waals surface area (Å²) in [4.78, 5) is 11.5. The zero-order valence-electron chi connectivity index (χ0n) is 8.92. The average Bonchev–Trinajstić information content (AvgIpc) is 2.51. The molecule has 1 aromatic heterocycles. The maximum Gasteiger partial charge on any atom is 0.228 e. The lowest BCUT2D eigenvalue weighted by atomic mass is 10.1. The van der Waals surface area contributed by atoms with E-state index in [2.05, 4.69) is 22.4 Å². The highest BCUT2D eigenvalue weighted by Crippen LogP contribution is 2.10. The number of nitrogens with zero attached hydrogens (tertiary/aromatic N) is 1. The summed E-state index contributed by atoms with van der Waals surface area (Å²) in [6, 6.07) is 1.82. The van der Waals surface area contributed by atoms with E-state index in [-0.39, 0.29) is 11.8 Å². The number of nitrogens with one attached hydrogen (secondary N) is 2. The number of aryl methyl sites for hydroxylation is 1. The van der Waals surface area contributed by atoms with Crippen LogP contribution in [-0.4, -0.2) is 16.1 Å². The molecular weight excluding hydrogens is 178 g/mol. The molecule has 0 aliphatic rings. The summed E-state index contributed by atoms with van der Waals surface area (Å²) >= 11 is 0. The van der Waals surface area contributed by atoms with Gasteiger partial charge in [0.25, 0.3) is 0 Å². The molecule has 0 bridgehead atoms. The van der Waals surface area contributed by atoms with Crippen molar-refractivity contribution in [3.8, 4) is 0 Å². The summed E-state index contributed by atoms with van der Waals surface area (Å²) in [6.07, 6.45) is 1.93. The number of aromatic nitrogens is 2. The Balaban J connectivity index is 2.48. The fraction of sp³-hybridized carbons (Fsp3) is 0.600. The van der Waals surface area contributed by atoms with Gasteiger partial charge in [0.2, 0.25) is 5.91 Å². The Morgan fingerprint density at radius 3 is 2.93 bits per heavy atom. The third-order valence-electron chi connectivity index (χ3n) is 2.13. The summed E-state index contributed by atoms with van der Waals surface area (Å²) in [7, 11) is 0. The number of hydrogen-bond donors (Lipinski definition) is 2. The van der Waals surface area contributed by atoms with Crippen LogP contribution in [-0.2, 0) is 4.79 Å². The average molecular weight is 195 g/mol. The van der Waals surface area contributed by atoms with Crippen molar-refractivity contribution in [2.24, 2.45) is 5.92 Å². The molecular formula is C10H17N3O. The Labute approximate surface area is 84.1 Å². The molecule has 0 aliphatic heterocycles. The fourth-order valence-corrected chi connectivity index (χ4v) is 1.30. The summed E-state index contributed by atoms with van der Waals surface area (Å²) in [5.41, 5.74) is 0.948. The SMILES string of the molecule is CCCC(C)C(=O)Nc1cc(C)[nH]n1. The Hall–Kier alpha value is -1.32. The van der Waals surface area contributed by atoms with Crippen molar-refractivity contribution in [1.29, 1.82) is 0 Å². The third kappa shape index (κ3) is 2.87. The topological polar surface area (TPSA) is 57.8 Å². The molecule has 78 valence electrons. The Morgan fingerprint density at radius 1 is 1.71 bits per heavy atom. The molecule has 1 aromatic rings. The van der Waals surface area contributed by atoms with Crippen molar-refractivity contribution in [2.45, 2.75) is 33.6 Å². The zero-order valence-corrected chi connectivity index (χ0v) is 8.92. The minimum Gasteiger partial charge on any atom is -0.309 e. The van der Waals surface area contributed by atoms with Crippen LogP contribution in [0.15, 0.2) is 6.07 Å². The minimum absolute atomic E-state index is 0.0401. The van der Waals surface area contributed by atoms with Crippen LogP contribution in [0.5, 0.6) is 0 Å². The molecule has 1 unspecified atom stereocenters. The Morgan fingerprint density at radius 2 is 2.43 bits per heavy atom. The Bertz CT molecular complexity index is 306. The van der Waals surface area contributed by atoms with E-state index in [0.29, 0.717) is 5.82 Å². The maximum absolute atomic E-state index is 11.5. The van der Waals surface area contributed by atoms with Crippen LogP contribution < -0.4 is 5.32 Å². The van der Waals surface area contributed by atoms with Crippen LogP contribution in [0.4, 0.5) is 5.82 Å². The second kappa shape index (κ2) is 4.79. The van der Waals surface area contributed by atoms with Crippen LogP contribution >= 0.6 is 0 Å². The van der Waals surface area contributed by atoms with E-state index in [1.165, 1.54) is 0 Å². The van der Waals surface area contributed by atoms with Crippen molar-refractivity contribution in [1.82, 2.24) is 10.2 Å². The molecule has 1 rings (SSSR count). The first kappa shape index (κ1) is 10.8. The molecule has 0 aromatic carbocycles. The molecule has 4 heteroatoms. The van der Waals surface area contributed by atoms with Gasteiger partial charge in [0.15, 0.2) is 5.82 Å².